The molecule has 2 aromatic carbocycles. The molecular formula is C35H35F4N7O5. The van der Waals surface area contributed by atoms with E-state index < -0.39 is 96.7 Å². The molecule has 2 heterocycles. The lowest BCUT2D eigenvalue weighted by Crippen LogP contribution is -2.65. The maximum Gasteiger partial charge on any atom is 0.410 e. The van der Waals surface area contributed by atoms with Gasteiger partial charge in [-0.05, 0) is 57.0 Å². The number of aryl methyl sites for hydroxylation is 1. The number of amides is 4. The first kappa shape index (κ1) is 36.7. The van der Waals surface area contributed by atoms with Gasteiger partial charge in [0.25, 0.3) is 11.8 Å². The number of carbonyl (C=O) groups excluding carboxylic acids is 4. The van der Waals surface area contributed by atoms with Crippen molar-refractivity contribution in [3.05, 3.63) is 83.2 Å². The minimum absolute atomic E-state index is 0.162. The third kappa shape index (κ3) is 7.92. The highest BCUT2D eigenvalue weighted by molar-refractivity contribution is 6.10. The standard InChI is InChI=1S/C35H35F4N7O5/c1-20-8-6-7-9-26(20)29(31(49)43(5)25-15-35(38,39)16-25)45(24-13-21(36)12-22(37)14-24)30(48)27-18-44(33(50)51-34(2,3)4)19-28(47)46(27)32-41-11-10-23(17-40)42-32/h6-14,25,27,29H,15-16,18-19H2,1-5H3/t27-,29?/m0/s1. The number of benzene rings is 2. The Labute approximate surface area is 291 Å². The Morgan fingerprint density at radius 1 is 1.08 bits per heavy atom. The molecular weight excluding hydrogens is 674 g/mol. The van der Waals surface area contributed by atoms with Gasteiger partial charge in [-0.2, -0.15) is 5.26 Å². The van der Waals surface area contributed by atoms with Gasteiger partial charge in [-0.1, -0.05) is 24.3 Å². The number of nitrogens with zero attached hydrogens (tertiary/aromatic N) is 7. The fraction of sp³-hybridized carbons (Fsp3) is 0.400. The van der Waals surface area contributed by atoms with Crippen LogP contribution in [0.5, 0.6) is 0 Å². The number of likely N-dealkylation sites (N-methyl/N-ethyl adjacent to an activating group) is 1. The van der Waals surface area contributed by atoms with E-state index in [9.17, 15) is 37.2 Å². The summed E-state index contributed by atoms with van der Waals surface area (Å²) in [6, 6.07) is 7.24. The van der Waals surface area contributed by atoms with Crippen LogP contribution in [0.15, 0.2) is 54.7 Å². The van der Waals surface area contributed by atoms with Crippen LogP contribution >= 0.6 is 0 Å². The summed E-state index contributed by atoms with van der Waals surface area (Å²) in [5.41, 5.74) is -0.949. The highest BCUT2D eigenvalue weighted by Gasteiger charge is 2.51. The summed E-state index contributed by atoms with van der Waals surface area (Å²) in [6.45, 7) is 5.25. The van der Waals surface area contributed by atoms with Crippen LogP contribution in [0.2, 0.25) is 0 Å². The van der Waals surface area contributed by atoms with E-state index in [1.807, 2.05) is 6.07 Å². The third-order valence-corrected chi connectivity index (χ3v) is 8.51. The molecule has 2 fully saturated rings. The summed E-state index contributed by atoms with van der Waals surface area (Å²) in [7, 11) is 1.30. The van der Waals surface area contributed by atoms with Gasteiger partial charge < -0.3 is 9.64 Å². The molecule has 4 amide bonds. The molecule has 12 nitrogen and oxygen atoms in total. The SMILES string of the molecule is Cc1ccccc1C(C(=O)N(C)C1CC(F)(F)C1)N(C(=O)[C@@H]1CN(C(=O)OC(C)(C)C)CC(=O)N1c1nccc(C#N)n1)c1cc(F)cc(F)c1. The van der Waals surface area contributed by atoms with E-state index in [0.717, 1.165) is 31.7 Å². The summed E-state index contributed by atoms with van der Waals surface area (Å²) >= 11 is 0. The number of ether oxygens (including phenoxy) is 1. The number of piperazine rings is 1. The number of hydrogen-bond acceptors (Lipinski definition) is 8. The molecule has 2 aliphatic rings. The molecule has 16 heteroatoms. The first-order chi connectivity index (χ1) is 23.9. The van der Waals surface area contributed by atoms with Gasteiger partial charge in [0.1, 0.15) is 47.6 Å². The van der Waals surface area contributed by atoms with Crippen molar-refractivity contribution in [3.8, 4) is 6.07 Å². The van der Waals surface area contributed by atoms with Crippen LogP contribution in [-0.4, -0.2) is 87.3 Å². The average molecular weight is 710 g/mol. The molecule has 1 aromatic heterocycles. The number of aromatic nitrogens is 2. The number of rotatable bonds is 7. The van der Waals surface area contributed by atoms with Crippen molar-refractivity contribution in [1.82, 2.24) is 19.8 Å². The molecule has 51 heavy (non-hydrogen) atoms. The molecule has 1 saturated carbocycles. The number of hydrogen-bond donors (Lipinski definition) is 0. The summed E-state index contributed by atoms with van der Waals surface area (Å²) < 4.78 is 63.3. The Bertz CT molecular complexity index is 1890. The molecule has 3 aromatic rings. The number of alkyl halides is 2. The van der Waals surface area contributed by atoms with Crippen molar-refractivity contribution in [2.75, 3.05) is 29.9 Å². The van der Waals surface area contributed by atoms with Gasteiger partial charge in [0.15, 0.2) is 0 Å². The number of nitriles is 1. The van der Waals surface area contributed by atoms with Crippen molar-refractivity contribution in [1.29, 1.82) is 5.26 Å². The molecule has 1 unspecified atom stereocenters. The van der Waals surface area contributed by atoms with Gasteiger partial charge in [0.05, 0.1) is 12.2 Å². The second-order valence-corrected chi connectivity index (χ2v) is 13.5. The molecule has 2 atom stereocenters. The third-order valence-electron chi connectivity index (χ3n) is 8.51. The van der Waals surface area contributed by atoms with E-state index >= 15 is 4.79 Å². The van der Waals surface area contributed by atoms with Gasteiger partial charge in [0.2, 0.25) is 17.8 Å². The zero-order valence-electron chi connectivity index (χ0n) is 28.4. The Morgan fingerprint density at radius 3 is 2.31 bits per heavy atom. The summed E-state index contributed by atoms with van der Waals surface area (Å²) in [5.74, 6) is -8.46. The van der Waals surface area contributed by atoms with E-state index in [1.54, 1.807) is 45.9 Å². The van der Waals surface area contributed by atoms with E-state index in [1.165, 1.54) is 25.4 Å². The largest absolute Gasteiger partial charge is 0.444 e. The molecule has 1 aliphatic carbocycles. The lowest BCUT2D eigenvalue weighted by molar-refractivity contribution is -0.152. The molecule has 1 aliphatic heterocycles. The fourth-order valence-corrected chi connectivity index (χ4v) is 5.99. The van der Waals surface area contributed by atoms with Crippen LogP contribution in [0.4, 0.5) is 34.0 Å². The van der Waals surface area contributed by atoms with Gasteiger partial charge in [-0.3, -0.25) is 29.1 Å². The van der Waals surface area contributed by atoms with Gasteiger partial charge in [0, 0.05) is 38.2 Å². The van der Waals surface area contributed by atoms with E-state index in [-0.39, 0.29) is 17.2 Å². The number of carbonyl (C=O) groups is 4. The summed E-state index contributed by atoms with van der Waals surface area (Å²) in [6.07, 6.45) is -1.06. The van der Waals surface area contributed by atoms with Crippen molar-refractivity contribution < 1.29 is 41.5 Å². The van der Waals surface area contributed by atoms with Gasteiger partial charge >= 0.3 is 6.09 Å². The van der Waals surface area contributed by atoms with Crippen LogP contribution in [0.3, 0.4) is 0 Å². The maximum atomic E-state index is 15.2. The van der Waals surface area contributed by atoms with Crippen molar-refractivity contribution >= 4 is 35.5 Å². The molecule has 268 valence electrons. The zero-order chi connectivity index (χ0) is 37.4. The number of halogens is 4. The highest BCUT2D eigenvalue weighted by atomic mass is 19.3. The monoisotopic (exact) mass is 709 g/mol. The van der Waals surface area contributed by atoms with Crippen molar-refractivity contribution in [2.24, 2.45) is 0 Å². The van der Waals surface area contributed by atoms with E-state index in [2.05, 4.69) is 9.97 Å². The topological polar surface area (TPSA) is 140 Å². The van der Waals surface area contributed by atoms with Crippen molar-refractivity contribution in [3.63, 3.8) is 0 Å². The highest BCUT2D eigenvalue weighted by Crippen LogP contribution is 2.42. The first-order valence-corrected chi connectivity index (χ1v) is 15.9. The lowest BCUT2D eigenvalue weighted by atomic mass is 9.86. The van der Waals surface area contributed by atoms with Crippen LogP contribution in [0, 0.1) is 29.9 Å². The minimum Gasteiger partial charge on any atom is -0.444 e. The fourth-order valence-electron chi connectivity index (χ4n) is 5.99. The van der Waals surface area contributed by atoms with Crippen LogP contribution in [0.25, 0.3) is 0 Å². The van der Waals surface area contributed by atoms with Crippen LogP contribution < -0.4 is 9.80 Å². The second kappa shape index (κ2) is 14.0. The van der Waals surface area contributed by atoms with Crippen LogP contribution in [0.1, 0.15) is 56.5 Å². The second-order valence-electron chi connectivity index (χ2n) is 13.5. The molecule has 0 N–H and O–H groups in total. The lowest BCUT2D eigenvalue weighted by Gasteiger charge is -2.45. The smallest absolute Gasteiger partial charge is 0.410 e. The van der Waals surface area contributed by atoms with E-state index in [0.29, 0.717) is 11.6 Å². The maximum absolute atomic E-state index is 15.2. The normalized spacial score (nSPS) is 18.0. The Morgan fingerprint density at radius 2 is 1.73 bits per heavy atom. The molecule has 0 radical (unpaired) electrons. The average Bonchev–Trinajstić information content (AvgIpc) is 3.04. The van der Waals surface area contributed by atoms with Crippen LogP contribution in [-0.2, 0) is 19.1 Å². The summed E-state index contributed by atoms with van der Waals surface area (Å²) in [4.78, 5) is 68.7. The number of anilines is 2. The van der Waals surface area contributed by atoms with E-state index in [4.69, 9.17) is 4.74 Å². The first-order valence-electron chi connectivity index (χ1n) is 15.9. The molecule has 1 saturated heterocycles. The van der Waals surface area contributed by atoms with Crippen molar-refractivity contribution in [2.45, 2.75) is 70.2 Å². The predicted molar refractivity (Wildman–Crippen MR) is 174 cm³/mol. The predicted octanol–water partition coefficient (Wildman–Crippen LogP) is 4.92. The Hall–Kier alpha value is -5.59. The Balaban J connectivity index is 1.71. The summed E-state index contributed by atoms with van der Waals surface area (Å²) in [5, 5.41) is 9.51. The molecule has 0 bridgehead atoms. The molecule has 0 spiro atoms. The minimum atomic E-state index is -3.01. The quantitative estimate of drug-likeness (QED) is 0.315. The van der Waals surface area contributed by atoms with Gasteiger partial charge in [-0.15, -0.1) is 0 Å². The molecule has 5 rings (SSSR count). The van der Waals surface area contributed by atoms with Gasteiger partial charge in [-0.25, -0.2) is 32.3 Å². The zero-order valence-corrected chi connectivity index (χ0v) is 28.4. The Kier molecular flexibility index (Phi) is 10.0.